The second kappa shape index (κ2) is 6.82. The van der Waals surface area contributed by atoms with E-state index in [9.17, 15) is 9.90 Å². The van der Waals surface area contributed by atoms with E-state index in [1.807, 2.05) is 0 Å². The minimum absolute atomic E-state index is 0.176. The van der Waals surface area contributed by atoms with Gasteiger partial charge in [0, 0.05) is 38.4 Å². The summed E-state index contributed by atoms with van der Waals surface area (Å²) in [4.78, 5) is 15.8. The molecule has 2 N–H and O–H groups in total. The normalized spacial score (nSPS) is 14.0. The molecule has 1 amide bonds. The SMILES string of the molecule is COCCC(C)(O)CNC(=O)c1ccnc(Br)c1. The fourth-order valence-electron chi connectivity index (χ4n) is 1.33. The zero-order valence-corrected chi connectivity index (χ0v) is 12.0. The number of amides is 1. The van der Waals surface area contributed by atoms with E-state index in [0.717, 1.165) is 0 Å². The molecule has 5 nitrogen and oxygen atoms in total. The minimum Gasteiger partial charge on any atom is -0.388 e. The molecule has 0 aliphatic carbocycles. The van der Waals surface area contributed by atoms with Crippen LogP contribution in [0.15, 0.2) is 22.9 Å². The van der Waals surface area contributed by atoms with Crippen molar-refractivity contribution in [3.8, 4) is 0 Å². The van der Waals surface area contributed by atoms with Crippen molar-refractivity contribution in [2.75, 3.05) is 20.3 Å². The van der Waals surface area contributed by atoms with Crippen molar-refractivity contribution < 1.29 is 14.6 Å². The van der Waals surface area contributed by atoms with Crippen molar-refractivity contribution in [2.24, 2.45) is 0 Å². The number of halogens is 1. The summed E-state index contributed by atoms with van der Waals surface area (Å²) in [5.41, 5.74) is -0.477. The molecule has 1 rings (SSSR count). The van der Waals surface area contributed by atoms with Gasteiger partial charge in [0.25, 0.3) is 5.91 Å². The molecule has 0 saturated carbocycles. The maximum Gasteiger partial charge on any atom is 0.251 e. The van der Waals surface area contributed by atoms with Gasteiger partial charge in [-0.2, -0.15) is 0 Å². The molecule has 0 aromatic carbocycles. The highest BCUT2D eigenvalue weighted by molar-refractivity contribution is 9.10. The molecule has 0 fully saturated rings. The van der Waals surface area contributed by atoms with Gasteiger partial charge in [-0.3, -0.25) is 4.79 Å². The van der Waals surface area contributed by atoms with Crippen molar-refractivity contribution in [1.82, 2.24) is 10.3 Å². The number of hydrogen-bond acceptors (Lipinski definition) is 4. The van der Waals surface area contributed by atoms with Crippen LogP contribution >= 0.6 is 15.9 Å². The van der Waals surface area contributed by atoms with Gasteiger partial charge in [0.15, 0.2) is 0 Å². The van der Waals surface area contributed by atoms with E-state index in [1.165, 1.54) is 0 Å². The molecule has 0 aliphatic heterocycles. The van der Waals surface area contributed by atoms with Crippen LogP contribution in [-0.4, -0.2) is 41.9 Å². The maximum absolute atomic E-state index is 11.8. The van der Waals surface area contributed by atoms with Crippen molar-refractivity contribution in [3.05, 3.63) is 28.5 Å². The van der Waals surface area contributed by atoms with Gasteiger partial charge in [0.1, 0.15) is 4.60 Å². The van der Waals surface area contributed by atoms with Crippen LogP contribution in [0.1, 0.15) is 23.7 Å². The van der Waals surface area contributed by atoms with Gasteiger partial charge in [-0.25, -0.2) is 4.98 Å². The van der Waals surface area contributed by atoms with Crippen molar-refractivity contribution in [1.29, 1.82) is 0 Å². The van der Waals surface area contributed by atoms with Gasteiger partial charge in [-0.1, -0.05) is 0 Å². The zero-order chi connectivity index (χ0) is 13.6. The van der Waals surface area contributed by atoms with Crippen molar-refractivity contribution in [3.63, 3.8) is 0 Å². The lowest BCUT2D eigenvalue weighted by molar-refractivity contribution is 0.0243. The molecule has 6 heteroatoms. The molecular weight excluding hydrogens is 300 g/mol. The fraction of sp³-hybridized carbons (Fsp3) is 0.500. The largest absolute Gasteiger partial charge is 0.388 e. The average molecular weight is 317 g/mol. The molecule has 1 atom stereocenters. The Bertz CT molecular complexity index is 410. The first kappa shape index (κ1) is 15.1. The van der Waals surface area contributed by atoms with Crippen LogP contribution in [0.3, 0.4) is 0 Å². The van der Waals surface area contributed by atoms with Gasteiger partial charge < -0.3 is 15.2 Å². The average Bonchev–Trinajstić information content (AvgIpc) is 2.34. The summed E-state index contributed by atoms with van der Waals surface area (Å²) in [6.45, 7) is 2.29. The molecule has 1 unspecified atom stereocenters. The Labute approximate surface area is 115 Å². The second-order valence-electron chi connectivity index (χ2n) is 4.29. The monoisotopic (exact) mass is 316 g/mol. The Hall–Kier alpha value is -0.980. The fourth-order valence-corrected chi connectivity index (χ4v) is 1.69. The van der Waals surface area contributed by atoms with Crippen LogP contribution in [0.2, 0.25) is 0 Å². The van der Waals surface area contributed by atoms with E-state index in [4.69, 9.17) is 4.74 Å². The molecule has 0 saturated heterocycles. The number of carbonyl (C=O) groups is 1. The van der Waals surface area contributed by atoms with Crippen LogP contribution in [0, 0.1) is 0 Å². The van der Waals surface area contributed by atoms with Gasteiger partial charge in [0.2, 0.25) is 0 Å². The van der Waals surface area contributed by atoms with E-state index in [2.05, 4.69) is 26.2 Å². The predicted molar refractivity (Wildman–Crippen MR) is 71.4 cm³/mol. The van der Waals surface area contributed by atoms with E-state index in [1.54, 1.807) is 32.4 Å². The zero-order valence-electron chi connectivity index (χ0n) is 10.4. The Morgan fingerprint density at radius 3 is 3.00 bits per heavy atom. The van der Waals surface area contributed by atoms with Crippen LogP contribution in [-0.2, 0) is 4.74 Å². The summed E-state index contributed by atoms with van der Waals surface area (Å²) >= 11 is 3.20. The Morgan fingerprint density at radius 2 is 2.39 bits per heavy atom. The van der Waals surface area contributed by atoms with Gasteiger partial charge in [-0.05, 0) is 35.0 Å². The number of aliphatic hydroxyl groups is 1. The molecular formula is C12H17BrN2O3. The van der Waals surface area contributed by atoms with E-state index in [0.29, 0.717) is 23.2 Å². The number of methoxy groups -OCH3 is 1. The third-order valence-corrected chi connectivity index (χ3v) is 2.90. The molecule has 1 aromatic rings. The highest BCUT2D eigenvalue weighted by Crippen LogP contribution is 2.10. The topological polar surface area (TPSA) is 71.5 Å². The molecule has 18 heavy (non-hydrogen) atoms. The van der Waals surface area contributed by atoms with Crippen LogP contribution < -0.4 is 5.32 Å². The number of carbonyl (C=O) groups excluding carboxylic acids is 1. The van der Waals surface area contributed by atoms with E-state index in [-0.39, 0.29) is 12.5 Å². The molecule has 100 valence electrons. The Morgan fingerprint density at radius 1 is 1.67 bits per heavy atom. The number of ether oxygens (including phenoxy) is 1. The molecule has 1 heterocycles. The van der Waals surface area contributed by atoms with Crippen LogP contribution in [0.25, 0.3) is 0 Å². The van der Waals surface area contributed by atoms with Crippen molar-refractivity contribution >= 4 is 21.8 Å². The highest BCUT2D eigenvalue weighted by Gasteiger charge is 2.21. The lowest BCUT2D eigenvalue weighted by Gasteiger charge is -2.23. The molecule has 0 bridgehead atoms. The first-order valence-corrected chi connectivity index (χ1v) is 6.35. The lowest BCUT2D eigenvalue weighted by Crippen LogP contribution is -2.41. The number of pyridine rings is 1. The number of nitrogens with zero attached hydrogens (tertiary/aromatic N) is 1. The maximum atomic E-state index is 11.8. The second-order valence-corrected chi connectivity index (χ2v) is 5.10. The molecule has 1 aromatic heterocycles. The summed E-state index contributed by atoms with van der Waals surface area (Å²) in [5.74, 6) is -0.240. The highest BCUT2D eigenvalue weighted by atomic mass is 79.9. The minimum atomic E-state index is -0.976. The number of nitrogens with one attached hydrogen (secondary N) is 1. The summed E-state index contributed by atoms with van der Waals surface area (Å²) < 4.78 is 5.50. The quantitative estimate of drug-likeness (QED) is 0.777. The molecule has 0 spiro atoms. The van der Waals surface area contributed by atoms with Gasteiger partial charge in [-0.15, -0.1) is 0 Å². The first-order valence-electron chi connectivity index (χ1n) is 5.56. The smallest absolute Gasteiger partial charge is 0.251 e. The Balaban J connectivity index is 2.50. The standard InChI is InChI=1S/C12H17BrN2O3/c1-12(17,4-6-18-2)8-15-11(16)9-3-5-14-10(13)7-9/h3,5,7,17H,4,6,8H2,1-2H3,(H,15,16). The summed E-state index contributed by atoms with van der Waals surface area (Å²) in [7, 11) is 1.57. The number of aromatic nitrogens is 1. The lowest BCUT2D eigenvalue weighted by atomic mass is 10.0. The third kappa shape index (κ3) is 5.12. The third-order valence-electron chi connectivity index (χ3n) is 2.46. The molecule has 0 aliphatic rings. The summed E-state index contributed by atoms with van der Waals surface area (Å²) in [6, 6.07) is 3.24. The van der Waals surface area contributed by atoms with Gasteiger partial charge in [0.05, 0.1) is 5.60 Å². The molecule has 0 radical (unpaired) electrons. The predicted octanol–water partition coefficient (Wildman–Crippen LogP) is 1.36. The summed E-state index contributed by atoms with van der Waals surface area (Å²) in [5, 5.41) is 12.7. The number of hydrogen-bond donors (Lipinski definition) is 2. The van der Waals surface area contributed by atoms with Crippen LogP contribution in [0.5, 0.6) is 0 Å². The van der Waals surface area contributed by atoms with Crippen LogP contribution in [0.4, 0.5) is 0 Å². The van der Waals surface area contributed by atoms with E-state index >= 15 is 0 Å². The summed E-state index contributed by atoms with van der Waals surface area (Å²) in [6.07, 6.45) is 2.01. The first-order chi connectivity index (χ1) is 8.44. The Kier molecular flexibility index (Phi) is 5.71. The number of rotatable bonds is 6. The van der Waals surface area contributed by atoms with Gasteiger partial charge >= 0.3 is 0 Å². The van der Waals surface area contributed by atoms with E-state index < -0.39 is 5.60 Å². The van der Waals surface area contributed by atoms with Crippen molar-refractivity contribution in [2.45, 2.75) is 18.9 Å².